The number of benzene rings is 2. The van der Waals surface area contributed by atoms with Gasteiger partial charge in [0.1, 0.15) is 18.1 Å². The summed E-state index contributed by atoms with van der Waals surface area (Å²) in [5.41, 5.74) is 2.34. The Bertz CT molecular complexity index is 1030. The van der Waals surface area contributed by atoms with Crippen molar-refractivity contribution in [1.82, 2.24) is 0 Å². The van der Waals surface area contributed by atoms with Gasteiger partial charge in [0, 0.05) is 6.26 Å². The number of hydrogen-bond acceptors (Lipinski definition) is 5. The molecule has 0 bridgehead atoms. The van der Waals surface area contributed by atoms with Crippen molar-refractivity contribution >= 4 is 15.6 Å². The Morgan fingerprint density at radius 3 is 2.53 bits per heavy atom. The summed E-state index contributed by atoms with van der Waals surface area (Å²) in [7, 11) is -1.85. The average Bonchev–Trinajstić information content (AvgIpc) is 3.20. The van der Waals surface area contributed by atoms with Crippen LogP contribution in [0.5, 0.6) is 11.5 Å². The van der Waals surface area contributed by atoms with Crippen LogP contribution in [0.25, 0.3) is 0 Å². The molecule has 5 nitrogen and oxygen atoms in total. The van der Waals surface area contributed by atoms with E-state index in [-0.39, 0.29) is 12.4 Å². The molecule has 3 atom stereocenters. The highest BCUT2D eigenvalue weighted by atomic mass is 32.2. The zero-order valence-corrected chi connectivity index (χ0v) is 19.7. The molecule has 2 aromatic rings. The van der Waals surface area contributed by atoms with Gasteiger partial charge in [-0.05, 0) is 78.8 Å². The van der Waals surface area contributed by atoms with E-state index in [9.17, 15) is 17.6 Å². The molecule has 0 spiro atoms. The molecule has 1 saturated carbocycles. The predicted octanol–water partition coefficient (Wildman–Crippen LogP) is 4.90. The van der Waals surface area contributed by atoms with E-state index >= 15 is 0 Å². The number of ketones is 1. The fraction of sp³-hybridized carbons (Fsp3) is 0.480. The number of rotatable bonds is 10. The first kappa shape index (κ1) is 24.2. The highest BCUT2D eigenvalue weighted by Gasteiger charge is 2.27. The smallest absolute Gasteiger partial charge is 0.185 e. The third kappa shape index (κ3) is 6.79. The molecule has 0 N–H and O–H groups in total. The van der Waals surface area contributed by atoms with Gasteiger partial charge >= 0.3 is 0 Å². The molecule has 1 unspecified atom stereocenters. The molecule has 1 fully saturated rings. The molecule has 0 saturated heterocycles. The molecule has 0 heterocycles. The number of hydrogen-bond donors (Lipinski definition) is 0. The molecule has 0 radical (unpaired) electrons. The maximum Gasteiger partial charge on any atom is 0.185 e. The Morgan fingerprint density at radius 2 is 1.88 bits per heavy atom. The van der Waals surface area contributed by atoms with Gasteiger partial charge in [0.2, 0.25) is 0 Å². The van der Waals surface area contributed by atoms with Crippen LogP contribution in [0, 0.1) is 11.7 Å². The molecule has 3 rings (SSSR count). The van der Waals surface area contributed by atoms with Crippen LogP contribution in [-0.4, -0.2) is 39.9 Å². The summed E-state index contributed by atoms with van der Waals surface area (Å²) in [5, 5.41) is 0. The third-order valence-corrected chi connectivity index (χ3v) is 6.99. The Morgan fingerprint density at radius 1 is 1.16 bits per heavy atom. The summed E-state index contributed by atoms with van der Waals surface area (Å²) < 4.78 is 46.6. The first-order valence-corrected chi connectivity index (χ1v) is 13.0. The second-order valence-electron chi connectivity index (χ2n) is 8.87. The van der Waals surface area contributed by atoms with E-state index in [1.54, 1.807) is 6.07 Å². The summed E-state index contributed by atoms with van der Waals surface area (Å²) in [4.78, 5) is 11.7. The van der Waals surface area contributed by atoms with Crippen molar-refractivity contribution in [3.63, 3.8) is 0 Å². The lowest BCUT2D eigenvalue weighted by Gasteiger charge is -2.18. The van der Waals surface area contributed by atoms with Gasteiger partial charge in [-0.25, -0.2) is 12.8 Å². The zero-order valence-electron chi connectivity index (χ0n) is 18.8. The topological polar surface area (TPSA) is 69.7 Å². The van der Waals surface area contributed by atoms with Gasteiger partial charge in [-0.2, -0.15) is 0 Å². The van der Waals surface area contributed by atoms with Crippen molar-refractivity contribution in [3.8, 4) is 11.5 Å². The fourth-order valence-corrected chi connectivity index (χ4v) is 5.21. The van der Waals surface area contributed by atoms with Gasteiger partial charge < -0.3 is 9.47 Å². The van der Waals surface area contributed by atoms with Crippen LogP contribution < -0.4 is 9.47 Å². The SMILES string of the molecule is COc1cc([C@@H](C)CC2CC[C@@H](c3ccc(OCC(=O)CS(C)(=O)=O)cc3)C2)ccc1F. The Hall–Kier alpha value is -2.41. The summed E-state index contributed by atoms with van der Waals surface area (Å²) >= 11 is 0. The third-order valence-electron chi connectivity index (χ3n) is 6.15. The molecule has 1 aliphatic carbocycles. The van der Waals surface area contributed by atoms with Crippen LogP contribution in [0.15, 0.2) is 42.5 Å². The van der Waals surface area contributed by atoms with Crippen LogP contribution in [-0.2, 0) is 14.6 Å². The summed E-state index contributed by atoms with van der Waals surface area (Å²) in [6.07, 6.45) is 5.47. The van der Waals surface area contributed by atoms with Crippen molar-refractivity contribution in [3.05, 3.63) is 59.4 Å². The normalized spacial score (nSPS) is 19.5. The highest BCUT2D eigenvalue weighted by Crippen LogP contribution is 2.43. The van der Waals surface area contributed by atoms with E-state index < -0.39 is 21.4 Å². The van der Waals surface area contributed by atoms with E-state index in [0.29, 0.717) is 29.3 Å². The summed E-state index contributed by atoms with van der Waals surface area (Å²) in [5.74, 6) is 0.972. The van der Waals surface area contributed by atoms with E-state index in [0.717, 1.165) is 37.5 Å². The molecule has 0 aromatic heterocycles. The Labute approximate surface area is 189 Å². The van der Waals surface area contributed by atoms with Gasteiger partial charge in [0.15, 0.2) is 27.2 Å². The van der Waals surface area contributed by atoms with E-state index in [1.807, 2.05) is 30.3 Å². The molecule has 32 heavy (non-hydrogen) atoms. The first-order valence-electron chi connectivity index (χ1n) is 10.9. The number of ether oxygens (including phenoxy) is 2. The minimum Gasteiger partial charge on any atom is -0.494 e. The van der Waals surface area contributed by atoms with Crippen LogP contribution in [0.1, 0.15) is 55.6 Å². The van der Waals surface area contributed by atoms with Crippen molar-refractivity contribution in [1.29, 1.82) is 0 Å². The van der Waals surface area contributed by atoms with Crippen molar-refractivity contribution in [2.75, 3.05) is 25.7 Å². The predicted molar refractivity (Wildman–Crippen MR) is 123 cm³/mol. The maximum absolute atomic E-state index is 13.7. The summed E-state index contributed by atoms with van der Waals surface area (Å²) in [6.45, 7) is 1.93. The lowest BCUT2D eigenvalue weighted by atomic mass is 9.88. The van der Waals surface area contributed by atoms with Crippen molar-refractivity contribution < 1.29 is 27.1 Å². The zero-order chi connectivity index (χ0) is 23.3. The number of Topliss-reactive ketones (excluding diaryl/α,β-unsaturated/α-hetero) is 1. The number of sulfone groups is 1. The van der Waals surface area contributed by atoms with E-state index in [2.05, 4.69) is 6.92 Å². The van der Waals surface area contributed by atoms with Crippen LogP contribution >= 0.6 is 0 Å². The molecular weight excluding hydrogens is 431 g/mol. The number of carbonyl (C=O) groups is 1. The van der Waals surface area contributed by atoms with E-state index in [4.69, 9.17) is 9.47 Å². The van der Waals surface area contributed by atoms with Crippen LogP contribution in [0.2, 0.25) is 0 Å². The van der Waals surface area contributed by atoms with Gasteiger partial charge in [-0.15, -0.1) is 0 Å². The Balaban J connectivity index is 1.51. The number of methoxy groups -OCH3 is 1. The Kier molecular flexibility index (Phi) is 7.93. The lowest BCUT2D eigenvalue weighted by Crippen LogP contribution is -2.20. The number of carbonyl (C=O) groups excluding carboxylic acids is 1. The molecule has 0 amide bonds. The fourth-order valence-electron chi connectivity index (χ4n) is 4.54. The molecule has 174 valence electrons. The van der Waals surface area contributed by atoms with Crippen LogP contribution in [0.3, 0.4) is 0 Å². The minimum atomic E-state index is -3.34. The second-order valence-corrected chi connectivity index (χ2v) is 11.0. The average molecular weight is 463 g/mol. The largest absolute Gasteiger partial charge is 0.494 e. The van der Waals surface area contributed by atoms with Crippen LogP contribution in [0.4, 0.5) is 4.39 Å². The van der Waals surface area contributed by atoms with Gasteiger partial charge in [-0.1, -0.05) is 25.1 Å². The van der Waals surface area contributed by atoms with Crippen molar-refractivity contribution in [2.24, 2.45) is 5.92 Å². The molecule has 7 heteroatoms. The van der Waals surface area contributed by atoms with E-state index in [1.165, 1.54) is 18.7 Å². The maximum atomic E-state index is 13.7. The molecule has 2 aromatic carbocycles. The highest BCUT2D eigenvalue weighted by molar-refractivity contribution is 7.91. The monoisotopic (exact) mass is 462 g/mol. The van der Waals surface area contributed by atoms with Gasteiger partial charge in [0.25, 0.3) is 0 Å². The first-order chi connectivity index (χ1) is 15.1. The molecule has 1 aliphatic rings. The molecular formula is C25H31FO5S. The molecule has 0 aliphatic heterocycles. The van der Waals surface area contributed by atoms with Gasteiger partial charge in [0.05, 0.1) is 7.11 Å². The quantitative estimate of drug-likeness (QED) is 0.502. The lowest BCUT2D eigenvalue weighted by molar-refractivity contribution is -0.118. The second kappa shape index (κ2) is 10.5. The van der Waals surface area contributed by atoms with Crippen molar-refractivity contribution in [2.45, 2.75) is 44.4 Å². The van der Waals surface area contributed by atoms with Gasteiger partial charge in [-0.3, -0.25) is 4.79 Å². The minimum absolute atomic E-state index is 0.246. The summed E-state index contributed by atoms with van der Waals surface area (Å²) in [6, 6.07) is 12.8. The standard InChI is InChI=1S/C25H31FO5S/c1-17(20-8-11-24(26)25(14-20)30-2)12-18-4-5-21(13-18)19-6-9-23(10-7-19)31-15-22(27)16-32(3,28)29/h6-11,14,17-18,21H,4-5,12-13,15-16H2,1-3H3/t17-,18?,21+/m0/s1. The number of halogens is 1.